The first kappa shape index (κ1) is 20.8. The minimum atomic E-state index is -1.64. The third kappa shape index (κ3) is 3.25. The molecule has 1 aliphatic heterocycles. The average molecular weight is 386 g/mol. The number of hydrogen-bond donors (Lipinski definition) is 1. The second-order valence-electron chi connectivity index (χ2n) is 8.66. The van der Waals surface area contributed by atoms with E-state index in [4.69, 9.17) is 5.41 Å². The van der Waals surface area contributed by atoms with Crippen molar-refractivity contribution < 1.29 is 0 Å². The summed E-state index contributed by atoms with van der Waals surface area (Å²) in [7, 11) is 0. The van der Waals surface area contributed by atoms with Gasteiger partial charge >= 0.3 is 0 Å². The molecule has 5 heteroatoms. The van der Waals surface area contributed by atoms with Gasteiger partial charge in [-0.25, -0.2) is 0 Å². The Kier molecular flexibility index (Phi) is 5.61. The standard InChI is InChI=1S/C24H27N5/c1-15(2)17-5-7-18(8-6-17)22-21-12-29(16(3)4)10-9-19(21)20(11-25)23(28)24(22,13-26)14-27/h5-9,15-16,20-22,28H,10,12H2,1-4H3/t20-,21+,22+/m0/s1. The number of rotatable bonds is 3. The minimum absolute atomic E-state index is 0.0802. The number of benzene rings is 1. The predicted octanol–water partition coefficient (Wildman–Crippen LogP) is 4.37. The molecule has 1 aromatic rings. The Bertz CT molecular complexity index is 935. The Balaban J connectivity index is 2.20. The molecule has 1 N–H and O–H groups in total. The first-order valence-electron chi connectivity index (χ1n) is 10.2. The SMILES string of the molecule is CC(C)c1ccc([C@@H]2[C@@H]3CN(C(C)C)CC=C3[C@H](C#N)C(=N)C2(C#N)C#N)cc1. The van der Waals surface area contributed by atoms with Gasteiger partial charge < -0.3 is 5.41 Å². The Morgan fingerprint density at radius 2 is 1.69 bits per heavy atom. The van der Waals surface area contributed by atoms with Crippen molar-refractivity contribution in [3.63, 3.8) is 0 Å². The quantitative estimate of drug-likeness (QED) is 0.781. The molecule has 1 fully saturated rings. The van der Waals surface area contributed by atoms with E-state index in [9.17, 15) is 15.8 Å². The summed E-state index contributed by atoms with van der Waals surface area (Å²) in [5, 5.41) is 38.7. The van der Waals surface area contributed by atoms with Crippen molar-refractivity contribution in [1.82, 2.24) is 4.90 Å². The average Bonchev–Trinajstić information content (AvgIpc) is 2.72. The molecule has 0 radical (unpaired) electrons. The first-order chi connectivity index (χ1) is 13.8. The van der Waals surface area contributed by atoms with Crippen molar-refractivity contribution in [2.24, 2.45) is 17.3 Å². The van der Waals surface area contributed by atoms with Gasteiger partial charge in [0.1, 0.15) is 5.92 Å². The summed E-state index contributed by atoms with van der Waals surface area (Å²) in [6.45, 7) is 9.90. The van der Waals surface area contributed by atoms with Gasteiger partial charge in [0.15, 0.2) is 5.41 Å². The zero-order valence-corrected chi connectivity index (χ0v) is 17.5. The van der Waals surface area contributed by atoms with Crippen molar-refractivity contribution in [3.8, 4) is 18.2 Å². The van der Waals surface area contributed by atoms with Gasteiger partial charge in [-0.05, 0) is 36.5 Å². The molecule has 29 heavy (non-hydrogen) atoms. The van der Waals surface area contributed by atoms with Crippen LogP contribution in [-0.4, -0.2) is 29.7 Å². The highest BCUT2D eigenvalue weighted by Gasteiger charge is 2.57. The molecule has 0 unspecified atom stereocenters. The molecule has 0 spiro atoms. The van der Waals surface area contributed by atoms with Crippen molar-refractivity contribution >= 4 is 5.71 Å². The van der Waals surface area contributed by atoms with Crippen molar-refractivity contribution in [3.05, 3.63) is 47.0 Å². The van der Waals surface area contributed by atoms with Crippen molar-refractivity contribution in [1.29, 1.82) is 21.2 Å². The molecule has 1 heterocycles. The molecule has 0 aromatic heterocycles. The highest BCUT2D eigenvalue weighted by molar-refractivity contribution is 6.00. The molecule has 3 rings (SSSR count). The van der Waals surface area contributed by atoms with E-state index in [-0.39, 0.29) is 11.6 Å². The Labute approximate surface area is 173 Å². The summed E-state index contributed by atoms with van der Waals surface area (Å²) in [6, 6.07) is 14.9. The molecule has 1 saturated carbocycles. The molecule has 1 aromatic carbocycles. The van der Waals surface area contributed by atoms with Crippen LogP contribution in [0.25, 0.3) is 0 Å². The van der Waals surface area contributed by atoms with E-state index in [1.165, 1.54) is 5.56 Å². The maximum Gasteiger partial charge on any atom is 0.189 e. The van der Waals surface area contributed by atoms with Gasteiger partial charge in [0.25, 0.3) is 0 Å². The Morgan fingerprint density at radius 1 is 1.07 bits per heavy atom. The van der Waals surface area contributed by atoms with Gasteiger partial charge in [0.2, 0.25) is 0 Å². The topological polar surface area (TPSA) is 98.5 Å². The van der Waals surface area contributed by atoms with E-state index in [1.807, 2.05) is 30.3 Å². The fourth-order valence-corrected chi connectivity index (χ4v) is 4.72. The van der Waals surface area contributed by atoms with Crippen LogP contribution in [0, 0.1) is 56.7 Å². The van der Waals surface area contributed by atoms with E-state index in [2.05, 4.69) is 50.8 Å². The van der Waals surface area contributed by atoms with Crippen LogP contribution in [0.4, 0.5) is 0 Å². The summed E-state index contributed by atoms with van der Waals surface area (Å²) < 4.78 is 0. The molecular formula is C24H27N5. The van der Waals surface area contributed by atoms with Gasteiger partial charge in [0.05, 0.1) is 23.9 Å². The smallest absolute Gasteiger partial charge is 0.189 e. The summed E-state index contributed by atoms with van der Waals surface area (Å²) in [5.41, 5.74) is 1.26. The van der Waals surface area contributed by atoms with Crippen LogP contribution < -0.4 is 0 Å². The lowest BCUT2D eigenvalue weighted by atomic mass is 9.54. The maximum absolute atomic E-state index is 10.1. The van der Waals surface area contributed by atoms with Crippen LogP contribution in [0.1, 0.15) is 50.7 Å². The molecule has 3 atom stereocenters. The highest BCUT2D eigenvalue weighted by Crippen LogP contribution is 2.53. The second-order valence-corrected chi connectivity index (χ2v) is 8.66. The lowest BCUT2D eigenvalue weighted by Gasteiger charge is -2.48. The van der Waals surface area contributed by atoms with E-state index >= 15 is 0 Å². The van der Waals surface area contributed by atoms with Crippen LogP contribution in [-0.2, 0) is 0 Å². The third-order valence-electron chi connectivity index (χ3n) is 6.51. The first-order valence-corrected chi connectivity index (χ1v) is 10.2. The van der Waals surface area contributed by atoms with E-state index < -0.39 is 17.3 Å². The molecule has 0 bridgehead atoms. The third-order valence-corrected chi connectivity index (χ3v) is 6.51. The van der Waals surface area contributed by atoms with E-state index in [0.29, 0.717) is 18.5 Å². The number of fused-ring (bicyclic) bond motifs is 1. The van der Waals surface area contributed by atoms with Crippen LogP contribution >= 0.6 is 0 Å². The number of nitriles is 3. The fraction of sp³-hybridized carbons (Fsp3) is 0.500. The van der Waals surface area contributed by atoms with E-state index in [0.717, 1.165) is 17.7 Å². The minimum Gasteiger partial charge on any atom is -0.305 e. The molecule has 1 aliphatic carbocycles. The molecule has 2 aliphatic rings. The molecule has 5 nitrogen and oxygen atoms in total. The van der Waals surface area contributed by atoms with Crippen LogP contribution in [0.2, 0.25) is 0 Å². The fourth-order valence-electron chi connectivity index (χ4n) is 4.72. The van der Waals surface area contributed by atoms with Gasteiger partial charge in [-0.15, -0.1) is 0 Å². The summed E-state index contributed by atoms with van der Waals surface area (Å²) in [5.74, 6) is -1.03. The number of hydrogen-bond acceptors (Lipinski definition) is 5. The zero-order valence-electron chi connectivity index (χ0n) is 17.5. The molecular weight excluding hydrogens is 358 g/mol. The van der Waals surface area contributed by atoms with Crippen molar-refractivity contribution in [2.45, 2.75) is 45.6 Å². The van der Waals surface area contributed by atoms with Gasteiger partial charge in [0, 0.05) is 31.0 Å². The lowest BCUT2D eigenvalue weighted by Crippen LogP contribution is -2.53. The summed E-state index contributed by atoms with van der Waals surface area (Å²) in [6.07, 6.45) is 2.05. The second kappa shape index (κ2) is 7.82. The van der Waals surface area contributed by atoms with Gasteiger partial charge in [-0.3, -0.25) is 4.90 Å². The summed E-state index contributed by atoms with van der Waals surface area (Å²) in [4.78, 5) is 2.30. The normalized spacial score (nSPS) is 26.2. The number of nitrogens with one attached hydrogen (secondary N) is 1. The lowest BCUT2D eigenvalue weighted by molar-refractivity contribution is 0.171. The predicted molar refractivity (Wildman–Crippen MR) is 112 cm³/mol. The molecule has 0 saturated heterocycles. The van der Waals surface area contributed by atoms with Gasteiger partial charge in [-0.2, -0.15) is 15.8 Å². The van der Waals surface area contributed by atoms with Crippen LogP contribution in [0.15, 0.2) is 35.9 Å². The highest BCUT2D eigenvalue weighted by atomic mass is 15.2. The molecule has 0 amide bonds. The zero-order chi connectivity index (χ0) is 21.3. The van der Waals surface area contributed by atoms with E-state index in [1.54, 1.807) is 0 Å². The van der Waals surface area contributed by atoms with Crippen LogP contribution in [0.3, 0.4) is 0 Å². The monoisotopic (exact) mass is 385 g/mol. The number of nitrogens with zero attached hydrogens (tertiary/aromatic N) is 4. The Hall–Kier alpha value is -2.94. The molecule has 148 valence electrons. The van der Waals surface area contributed by atoms with Crippen molar-refractivity contribution in [2.75, 3.05) is 13.1 Å². The summed E-state index contributed by atoms with van der Waals surface area (Å²) >= 11 is 0. The van der Waals surface area contributed by atoms with Crippen LogP contribution in [0.5, 0.6) is 0 Å². The largest absolute Gasteiger partial charge is 0.305 e. The Morgan fingerprint density at radius 3 is 2.17 bits per heavy atom. The maximum atomic E-state index is 10.1. The van der Waals surface area contributed by atoms with Gasteiger partial charge in [-0.1, -0.05) is 44.2 Å².